The van der Waals surface area contributed by atoms with Crippen LogP contribution in [0.2, 0.25) is 0 Å². The molecule has 4 aromatic rings. The van der Waals surface area contributed by atoms with Crippen molar-refractivity contribution < 1.29 is 34.1 Å². The molecule has 4 aromatic carbocycles. The van der Waals surface area contributed by atoms with Crippen LogP contribution in [0.25, 0.3) is 0 Å². The fourth-order valence-corrected chi connectivity index (χ4v) is 4.58. The zero-order chi connectivity index (χ0) is 31.8. The van der Waals surface area contributed by atoms with Crippen LogP contribution in [0.5, 0.6) is 23.0 Å². The van der Waals surface area contributed by atoms with Gasteiger partial charge in [-0.3, -0.25) is 9.59 Å². The van der Waals surface area contributed by atoms with E-state index in [1.54, 1.807) is 19.1 Å². The summed E-state index contributed by atoms with van der Waals surface area (Å²) < 4.78 is 11.1. The third-order valence-corrected chi connectivity index (χ3v) is 6.94. The quantitative estimate of drug-likeness (QED) is 0.104. The summed E-state index contributed by atoms with van der Waals surface area (Å²) in [6, 6.07) is 18.9. The van der Waals surface area contributed by atoms with E-state index in [1.807, 2.05) is 26.0 Å². The summed E-state index contributed by atoms with van der Waals surface area (Å²) in [5.41, 5.74) is 4.18. The second-order valence-electron chi connectivity index (χ2n) is 10.4. The lowest BCUT2D eigenvalue weighted by molar-refractivity contribution is 0.0504. The van der Waals surface area contributed by atoms with E-state index in [1.165, 1.54) is 54.1 Å². The number of carbonyl (C=O) groups is 3. The van der Waals surface area contributed by atoms with Crippen molar-refractivity contribution >= 4 is 29.2 Å². The number of aromatic hydroxyl groups is 2. The summed E-state index contributed by atoms with van der Waals surface area (Å²) in [6.07, 6.45) is 2.64. The second-order valence-corrected chi connectivity index (χ2v) is 10.4. The Balaban J connectivity index is 1.46. The number of anilines is 2. The van der Waals surface area contributed by atoms with Gasteiger partial charge in [-0.05, 0) is 98.0 Å². The lowest BCUT2D eigenvalue weighted by Crippen LogP contribution is -2.14. The molecule has 4 rings (SSSR count). The maximum atomic E-state index is 13.0. The zero-order valence-corrected chi connectivity index (χ0v) is 25.2. The van der Waals surface area contributed by atoms with Gasteiger partial charge >= 0.3 is 5.97 Å². The molecule has 0 aliphatic heterocycles. The summed E-state index contributed by atoms with van der Waals surface area (Å²) in [5.74, 6) is -1.05. The molecule has 0 saturated heterocycles. The molecule has 0 aliphatic rings. The highest BCUT2D eigenvalue weighted by Gasteiger charge is 2.16. The van der Waals surface area contributed by atoms with Crippen LogP contribution in [0, 0.1) is 13.8 Å². The number of phenolic OH excluding ortho intramolecular Hbond substituents is 2. The Bertz CT molecular complexity index is 1700. The van der Waals surface area contributed by atoms with E-state index in [2.05, 4.69) is 17.6 Å². The van der Waals surface area contributed by atoms with Gasteiger partial charge in [0.15, 0.2) is 0 Å². The first kappa shape index (κ1) is 31.6. The van der Waals surface area contributed by atoms with Gasteiger partial charge in [0.25, 0.3) is 11.8 Å². The van der Waals surface area contributed by atoms with E-state index in [0.717, 1.165) is 18.4 Å². The molecule has 0 unspecified atom stereocenters. The van der Waals surface area contributed by atoms with Crippen LogP contribution in [0.4, 0.5) is 11.4 Å². The Hall–Kier alpha value is -5.31. The van der Waals surface area contributed by atoms with Gasteiger partial charge in [0.05, 0.1) is 23.5 Å². The molecule has 0 atom stereocenters. The van der Waals surface area contributed by atoms with Gasteiger partial charge in [0, 0.05) is 23.3 Å². The minimum atomic E-state index is -0.498. The van der Waals surface area contributed by atoms with Gasteiger partial charge in [-0.1, -0.05) is 26.3 Å². The lowest BCUT2D eigenvalue weighted by Gasteiger charge is -2.13. The Morgan fingerprint density at radius 3 is 1.73 bits per heavy atom. The summed E-state index contributed by atoms with van der Waals surface area (Å²) in [6.45, 7) is 7.99. The molecule has 2 amide bonds. The molecule has 0 bridgehead atoms. The van der Waals surface area contributed by atoms with Crippen molar-refractivity contribution in [2.75, 3.05) is 17.2 Å². The van der Waals surface area contributed by atoms with E-state index < -0.39 is 11.9 Å². The molecule has 0 heterocycles. The maximum Gasteiger partial charge on any atom is 0.338 e. The van der Waals surface area contributed by atoms with Gasteiger partial charge in [-0.15, -0.1) is 0 Å². The van der Waals surface area contributed by atoms with Crippen LogP contribution in [0.1, 0.15) is 74.5 Å². The van der Waals surface area contributed by atoms with Crippen molar-refractivity contribution in [3.8, 4) is 23.0 Å². The van der Waals surface area contributed by atoms with E-state index in [-0.39, 0.29) is 40.1 Å². The highest BCUT2D eigenvalue weighted by molar-refractivity contribution is 6.06. The molecule has 0 aromatic heterocycles. The van der Waals surface area contributed by atoms with Gasteiger partial charge in [0.2, 0.25) is 0 Å². The molecule has 228 valence electrons. The molecule has 9 heteroatoms. The number of nitrogens with one attached hydrogen (secondary N) is 2. The number of aryl methyl sites for hydroxylation is 3. The number of hydrogen-bond acceptors (Lipinski definition) is 7. The SMILES string of the molecule is CCCOC(=O)c1ccc(C(=O)Nc2cc(Oc3ccc(O)c(NC(=O)c4ccc(CCC)c(C)c4)c3)ccc2O)cc1C. The molecule has 4 N–H and O–H groups in total. The van der Waals surface area contributed by atoms with Crippen molar-refractivity contribution in [2.45, 2.75) is 47.0 Å². The number of hydrogen-bond donors (Lipinski definition) is 4. The molecule has 0 aliphatic carbocycles. The average molecular weight is 597 g/mol. The molecule has 0 spiro atoms. The average Bonchev–Trinajstić information content (AvgIpc) is 3.00. The third-order valence-electron chi connectivity index (χ3n) is 6.94. The van der Waals surface area contributed by atoms with Crippen molar-refractivity contribution in [3.05, 3.63) is 106 Å². The smallest absolute Gasteiger partial charge is 0.338 e. The Labute approximate surface area is 256 Å². The number of phenols is 2. The molecule has 0 saturated carbocycles. The Morgan fingerprint density at radius 1 is 0.682 bits per heavy atom. The van der Waals surface area contributed by atoms with Crippen LogP contribution < -0.4 is 15.4 Å². The standard InChI is InChI=1S/C35H36N2O7/c1-5-7-23-8-9-24(17-21(23)3)33(40)36-29-19-26(11-14-31(29)38)44-27-12-15-32(39)30(20-27)37-34(41)25-10-13-28(22(4)18-25)35(42)43-16-6-2/h8-15,17-20,38-39H,5-7,16H2,1-4H3,(H,36,40)(H,37,41). The van der Waals surface area contributed by atoms with E-state index >= 15 is 0 Å². The second kappa shape index (κ2) is 14.2. The fourth-order valence-electron chi connectivity index (χ4n) is 4.58. The number of esters is 1. The largest absolute Gasteiger partial charge is 0.506 e. The molecule has 9 nitrogen and oxygen atoms in total. The fraction of sp³-hybridized carbons (Fsp3) is 0.229. The summed E-state index contributed by atoms with van der Waals surface area (Å²) in [5, 5.41) is 26.2. The first-order valence-corrected chi connectivity index (χ1v) is 14.4. The lowest BCUT2D eigenvalue weighted by atomic mass is 10.0. The van der Waals surface area contributed by atoms with Gasteiger partial charge in [0.1, 0.15) is 23.0 Å². The first-order chi connectivity index (χ1) is 21.1. The Morgan fingerprint density at radius 2 is 1.23 bits per heavy atom. The van der Waals surface area contributed by atoms with Crippen molar-refractivity contribution in [1.29, 1.82) is 0 Å². The molecular weight excluding hydrogens is 560 g/mol. The van der Waals surface area contributed by atoms with E-state index in [0.29, 0.717) is 35.5 Å². The van der Waals surface area contributed by atoms with Gasteiger partial charge in [-0.25, -0.2) is 4.79 Å². The van der Waals surface area contributed by atoms with Gasteiger partial charge in [-0.2, -0.15) is 0 Å². The van der Waals surface area contributed by atoms with Crippen molar-refractivity contribution in [1.82, 2.24) is 0 Å². The number of amides is 2. The monoisotopic (exact) mass is 596 g/mol. The molecule has 0 radical (unpaired) electrons. The minimum Gasteiger partial charge on any atom is -0.506 e. The van der Waals surface area contributed by atoms with Crippen LogP contribution in [0.3, 0.4) is 0 Å². The zero-order valence-electron chi connectivity index (χ0n) is 25.2. The van der Waals surface area contributed by atoms with Crippen LogP contribution in [-0.2, 0) is 11.2 Å². The van der Waals surface area contributed by atoms with Gasteiger partial charge < -0.3 is 30.3 Å². The summed E-state index contributed by atoms with van der Waals surface area (Å²) in [4.78, 5) is 38.1. The predicted octanol–water partition coefficient (Wildman–Crippen LogP) is 7.53. The van der Waals surface area contributed by atoms with Crippen molar-refractivity contribution in [2.24, 2.45) is 0 Å². The van der Waals surface area contributed by atoms with Crippen molar-refractivity contribution in [3.63, 3.8) is 0 Å². The third kappa shape index (κ3) is 7.74. The molecule has 0 fully saturated rings. The number of rotatable bonds is 11. The summed E-state index contributed by atoms with van der Waals surface area (Å²) in [7, 11) is 0. The van der Waals surface area contributed by atoms with E-state index in [4.69, 9.17) is 9.47 Å². The van der Waals surface area contributed by atoms with Crippen LogP contribution in [-0.4, -0.2) is 34.6 Å². The molecular formula is C35H36N2O7. The highest BCUT2D eigenvalue weighted by atomic mass is 16.5. The van der Waals surface area contributed by atoms with E-state index in [9.17, 15) is 24.6 Å². The predicted molar refractivity (Wildman–Crippen MR) is 169 cm³/mol. The highest BCUT2D eigenvalue weighted by Crippen LogP contribution is 2.34. The minimum absolute atomic E-state index is 0.103. The number of ether oxygens (including phenoxy) is 2. The normalized spacial score (nSPS) is 10.6. The topological polar surface area (TPSA) is 134 Å². The molecule has 44 heavy (non-hydrogen) atoms. The van der Waals surface area contributed by atoms with Crippen LogP contribution >= 0.6 is 0 Å². The number of carbonyl (C=O) groups excluding carboxylic acids is 3. The maximum absolute atomic E-state index is 13.0. The van der Waals surface area contributed by atoms with Crippen LogP contribution in [0.15, 0.2) is 72.8 Å². The first-order valence-electron chi connectivity index (χ1n) is 14.4. The summed E-state index contributed by atoms with van der Waals surface area (Å²) >= 11 is 0. The Kier molecular flexibility index (Phi) is 10.2. The number of benzene rings is 4.